The molecule has 1 heterocycles. The van der Waals surface area contributed by atoms with Gasteiger partial charge in [0.15, 0.2) is 14.9 Å². The lowest BCUT2D eigenvalue weighted by Gasteiger charge is -2.30. The summed E-state index contributed by atoms with van der Waals surface area (Å²) in [5.74, 6) is -0.946. The number of aliphatic carboxylic acids is 1. The third-order valence-corrected chi connectivity index (χ3v) is 6.88. The van der Waals surface area contributed by atoms with Crippen molar-refractivity contribution in [2.24, 2.45) is 0 Å². The van der Waals surface area contributed by atoms with Crippen LogP contribution < -0.4 is 0 Å². The van der Waals surface area contributed by atoms with Gasteiger partial charge in [-0.2, -0.15) is 0 Å². The largest absolute Gasteiger partial charge is 0.481 e. The molecule has 0 amide bonds. The number of hydrogen-bond donors (Lipinski definition) is 1. The SMILES string of the molecule is CS(=O)(=O)CS(=O)(=O)N1CCC(OCCC(=O)O)CC1. The number of sulfonamides is 1. The first-order valence-corrected chi connectivity index (χ1v) is 9.76. The number of rotatable bonds is 7. The van der Waals surface area contributed by atoms with Gasteiger partial charge in [-0.1, -0.05) is 0 Å². The molecule has 20 heavy (non-hydrogen) atoms. The molecule has 0 radical (unpaired) electrons. The summed E-state index contributed by atoms with van der Waals surface area (Å²) in [6.07, 6.45) is 1.48. The van der Waals surface area contributed by atoms with Gasteiger partial charge in [-0.3, -0.25) is 4.79 Å². The van der Waals surface area contributed by atoms with Crippen LogP contribution in [0, 0.1) is 0 Å². The zero-order valence-corrected chi connectivity index (χ0v) is 12.8. The van der Waals surface area contributed by atoms with E-state index >= 15 is 0 Å². The van der Waals surface area contributed by atoms with Crippen molar-refractivity contribution in [1.82, 2.24) is 4.31 Å². The molecule has 0 saturated carbocycles. The Bertz CT molecular complexity index is 532. The van der Waals surface area contributed by atoms with Crippen molar-refractivity contribution < 1.29 is 31.5 Å². The third kappa shape index (κ3) is 6.16. The third-order valence-electron chi connectivity index (χ3n) is 2.83. The molecule has 0 aliphatic carbocycles. The molecule has 8 nitrogen and oxygen atoms in total. The Labute approximate surface area is 118 Å². The highest BCUT2D eigenvalue weighted by molar-refractivity contribution is 8.06. The molecule has 0 aromatic rings. The normalized spacial score (nSPS) is 19.1. The molecule has 0 unspecified atom stereocenters. The van der Waals surface area contributed by atoms with Crippen molar-refractivity contribution in [3.63, 3.8) is 0 Å². The summed E-state index contributed by atoms with van der Waals surface area (Å²) in [5, 5.41) is 7.59. The summed E-state index contributed by atoms with van der Waals surface area (Å²) in [6.45, 7) is 0.473. The Balaban J connectivity index is 2.44. The summed E-state index contributed by atoms with van der Waals surface area (Å²) >= 11 is 0. The minimum Gasteiger partial charge on any atom is -0.481 e. The van der Waals surface area contributed by atoms with E-state index in [4.69, 9.17) is 9.84 Å². The number of nitrogens with zero attached hydrogens (tertiary/aromatic N) is 1. The minimum absolute atomic E-state index is 0.0907. The number of sulfone groups is 1. The van der Waals surface area contributed by atoms with Gasteiger partial charge in [0, 0.05) is 19.3 Å². The van der Waals surface area contributed by atoms with Crippen LogP contribution in [0.5, 0.6) is 0 Å². The van der Waals surface area contributed by atoms with Crippen molar-refractivity contribution in [2.75, 3.05) is 31.0 Å². The van der Waals surface area contributed by atoms with E-state index in [0.29, 0.717) is 12.8 Å². The van der Waals surface area contributed by atoms with Crippen molar-refractivity contribution >= 4 is 25.8 Å². The predicted octanol–water partition coefficient (Wildman–Crippen LogP) is -0.726. The Morgan fingerprint density at radius 3 is 2.25 bits per heavy atom. The Morgan fingerprint density at radius 1 is 1.25 bits per heavy atom. The molecule has 1 aliphatic heterocycles. The Hall–Kier alpha value is -0.710. The molecule has 1 fully saturated rings. The molecule has 1 saturated heterocycles. The van der Waals surface area contributed by atoms with Crippen LogP contribution in [0.3, 0.4) is 0 Å². The van der Waals surface area contributed by atoms with Crippen molar-refractivity contribution in [2.45, 2.75) is 25.4 Å². The van der Waals surface area contributed by atoms with Gasteiger partial charge >= 0.3 is 5.97 Å². The zero-order valence-electron chi connectivity index (χ0n) is 11.2. The van der Waals surface area contributed by atoms with E-state index in [-0.39, 0.29) is 32.2 Å². The number of carboxylic acid groups (broad SMARTS) is 1. The molecule has 1 aliphatic rings. The maximum absolute atomic E-state index is 11.8. The second-order valence-electron chi connectivity index (χ2n) is 4.77. The van der Waals surface area contributed by atoms with Crippen LogP contribution in [-0.2, 0) is 29.4 Å². The number of ether oxygens (including phenoxy) is 1. The highest BCUT2D eigenvalue weighted by atomic mass is 32.3. The number of carbonyl (C=O) groups is 1. The molecule has 10 heteroatoms. The summed E-state index contributed by atoms with van der Waals surface area (Å²) in [5.41, 5.74) is 0. The van der Waals surface area contributed by atoms with Gasteiger partial charge < -0.3 is 9.84 Å². The van der Waals surface area contributed by atoms with Crippen molar-refractivity contribution in [1.29, 1.82) is 0 Å². The van der Waals surface area contributed by atoms with Gasteiger partial charge in [0.05, 0.1) is 19.1 Å². The van der Waals surface area contributed by atoms with E-state index in [1.807, 2.05) is 0 Å². The molecule has 1 rings (SSSR count). The van der Waals surface area contributed by atoms with Crippen LogP contribution in [-0.4, -0.2) is 69.4 Å². The van der Waals surface area contributed by atoms with Gasteiger partial charge in [0.1, 0.15) is 0 Å². The topological polar surface area (TPSA) is 118 Å². The molecule has 118 valence electrons. The second-order valence-corrected chi connectivity index (χ2v) is 9.24. The molecule has 0 aromatic heterocycles. The van der Waals surface area contributed by atoms with Crippen LogP contribution in [0.25, 0.3) is 0 Å². The van der Waals surface area contributed by atoms with E-state index in [2.05, 4.69) is 0 Å². The first kappa shape index (κ1) is 17.3. The molecule has 0 bridgehead atoms. The molecular formula is C10H19NO7S2. The summed E-state index contributed by atoms with van der Waals surface area (Å²) < 4.78 is 52.3. The first-order valence-electron chi connectivity index (χ1n) is 6.09. The molecule has 0 atom stereocenters. The predicted molar refractivity (Wildman–Crippen MR) is 71.4 cm³/mol. The average molecular weight is 329 g/mol. The van der Waals surface area contributed by atoms with E-state index < -0.39 is 30.9 Å². The highest BCUT2D eigenvalue weighted by Gasteiger charge is 2.30. The average Bonchev–Trinajstić information content (AvgIpc) is 2.26. The summed E-state index contributed by atoms with van der Waals surface area (Å²) in [6, 6.07) is 0. The lowest BCUT2D eigenvalue weighted by Crippen LogP contribution is -2.43. The van der Waals surface area contributed by atoms with Crippen molar-refractivity contribution in [3.8, 4) is 0 Å². The smallest absolute Gasteiger partial charge is 0.305 e. The van der Waals surface area contributed by atoms with E-state index in [0.717, 1.165) is 10.6 Å². The number of piperidine rings is 1. The highest BCUT2D eigenvalue weighted by Crippen LogP contribution is 2.17. The van der Waals surface area contributed by atoms with Gasteiger partial charge in [0.2, 0.25) is 10.0 Å². The molecule has 1 N–H and O–H groups in total. The zero-order chi connectivity index (χ0) is 15.4. The Kier molecular flexibility index (Phi) is 5.92. The minimum atomic E-state index is -3.80. The van der Waals surface area contributed by atoms with Gasteiger partial charge in [0.25, 0.3) is 0 Å². The number of hydrogen-bond acceptors (Lipinski definition) is 6. The lowest BCUT2D eigenvalue weighted by atomic mass is 10.1. The van der Waals surface area contributed by atoms with Crippen LogP contribution in [0.2, 0.25) is 0 Å². The van der Waals surface area contributed by atoms with Gasteiger partial charge in [-0.15, -0.1) is 0 Å². The van der Waals surface area contributed by atoms with Gasteiger partial charge in [-0.05, 0) is 12.8 Å². The first-order chi connectivity index (χ1) is 9.10. The maximum Gasteiger partial charge on any atom is 0.305 e. The van der Waals surface area contributed by atoms with Crippen LogP contribution in [0.4, 0.5) is 0 Å². The van der Waals surface area contributed by atoms with Crippen LogP contribution in [0.15, 0.2) is 0 Å². The van der Waals surface area contributed by atoms with Crippen molar-refractivity contribution in [3.05, 3.63) is 0 Å². The summed E-state index contributed by atoms with van der Waals surface area (Å²) in [4.78, 5) is 10.3. The van der Waals surface area contributed by atoms with E-state index in [1.165, 1.54) is 0 Å². The standard InChI is InChI=1S/C10H19NO7S2/c1-19(14,15)8-20(16,17)11-5-2-9(3-6-11)18-7-4-10(12)13/h9H,2-8H2,1H3,(H,12,13). The van der Waals surface area contributed by atoms with Crippen LogP contribution in [0.1, 0.15) is 19.3 Å². The maximum atomic E-state index is 11.8. The Morgan fingerprint density at radius 2 is 1.80 bits per heavy atom. The number of carboxylic acids is 1. The van der Waals surface area contributed by atoms with Crippen LogP contribution >= 0.6 is 0 Å². The molecule has 0 aromatic carbocycles. The fraction of sp³-hybridized carbons (Fsp3) is 0.900. The fourth-order valence-corrected chi connectivity index (χ4v) is 5.46. The summed E-state index contributed by atoms with van der Waals surface area (Å²) in [7, 11) is -7.40. The van der Waals surface area contributed by atoms with Gasteiger partial charge in [-0.25, -0.2) is 21.1 Å². The fourth-order valence-electron chi connectivity index (χ4n) is 1.93. The van der Waals surface area contributed by atoms with E-state index in [9.17, 15) is 21.6 Å². The lowest BCUT2D eigenvalue weighted by molar-refractivity contribution is -0.138. The second kappa shape index (κ2) is 6.83. The molecular weight excluding hydrogens is 310 g/mol. The van der Waals surface area contributed by atoms with E-state index in [1.54, 1.807) is 0 Å². The molecule has 0 spiro atoms. The monoisotopic (exact) mass is 329 g/mol. The quantitative estimate of drug-likeness (QED) is 0.654.